The van der Waals surface area contributed by atoms with E-state index in [0.29, 0.717) is 6.42 Å². The molecule has 140 valence electrons. The highest BCUT2D eigenvalue weighted by Crippen LogP contribution is 2.33. The molecule has 7 heteroatoms. The number of halogens is 2. The van der Waals surface area contributed by atoms with E-state index in [2.05, 4.69) is 5.16 Å². The Morgan fingerprint density at radius 3 is 2.63 bits per heavy atom. The molecule has 0 radical (unpaired) electrons. The van der Waals surface area contributed by atoms with E-state index in [1.807, 2.05) is 24.3 Å². The van der Waals surface area contributed by atoms with Gasteiger partial charge >= 0.3 is 5.97 Å². The molecule has 3 aromatic rings. The average molecular weight is 390 g/mol. The monoisotopic (exact) mass is 389 g/mol. The van der Waals surface area contributed by atoms with Crippen LogP contribution in [0.15, 0.2) is 47.0 Å². The van der Waals surface area contributed by atoms with E-state index in [0.717, 1.165) is 11.3 Å². The molecule has 0 saturated carbocycles. The number of aromatic nitrogens is 1. The number of benzene rings is 2. The molecular weight excluding hydrogens is 373 g/mol. The molecule has 2 aromatic carbocycles. The normalized spacial score (nSPS) is 10.7. The number of rotatable bonds is 6. The van der Waals surface area contributed by atoms with E-state index in [9.17, 15) is 9.18 Å². The molecule has 3 rings (SSSR count). The summed E-state index contributed by atoms with van der Waals surface area (Å²) in [6, 6.07) is 11.7. The molecule has 0 atom stereocenters. The van der Waals surface area contributed by atoms with Crippen LogP contribution in [-0.4, -0.2) is 24.8 Å². The van der Waals surface area contributed by atoms with Crippen LogP contribution in [0.2, 0.25) is 5.02 Å². The minimum absolute atomic E-state index is 0.0121. The number of esters is 1. The molecule has 0 saturated heterocycles. The first-order chi connectivity index (χ1) is 13.0. The summed E-state index contributed by atoms with van der Waals surface area (Å²) in [5, 5.41) is 3.93. The minimum atomic E-state index is -0.642. The number of hydrogen-bond acceptors (Lipinski definition) is 5. The van der Waals surface area contributed by atoms with Gasteiger partial charge in [-0.15, -0.1) is 0 Å². The molecule has 0 aliphatic rings. The van der Waals surface area contributed by atoms with Crippen LogP contribution in [0, 0.1) is 12.7 Å². The maximum absolute atomic E-state index is 14.2. The number of ether oxygens (including phenoxy) is 2. The van der Waals surface area contributed by atoms with Crippen LogP contribution in [-0.2, 0) is 11.2 Å². The smallest absolute Gasteiger partial charge is 0.344 e. The van der Waals surface area contributed by atoms with Crippen LogP contribution in [0.25, 0.3) is 11.3 Å². The summed E-state index contributed by atoms with van der Waals surface area (Å²) >= 11 is 6.08. The summed E-state index contributed by atoms with van der Waals surface area (Å²) in [5.41, 5.74) is 1.10. The Morgan fingerprint density at radius 1 is 1.22 bits per heavy atom. The fourth-order valence-electron chi connectivity index (χ4n) is 2.63. The van der Waals surface area contributed by atoms with Crippen molar-refractivity contribution in [2.24, 2.45) is 0 Å². The summed E-state index contributed by atoms with van der Waals surface area (Å²) < 4.78 is 29.7. The molecule has 0 amide bonds. The fourth-order valence-corrected chi connectivity index (χ4v) is 2.89. The lowest BCUT2D eigenvalue weighted by Gasteiger charge is -2.07. The lowest BCUT2D eigenvalue weighted by Crippen LogP contribution is -2.10. The lowest BCUT2D eigenvalue weighted by atomic mass is 10.1. The van der Waals surface area contributed by atoms with Gasteiger partial charge in [0, 0.05) is 6.42 Å². The predicted molar refractivity (Wildman–Crippen MR) is 98.6 cm³/mol. The van der Waals surface area contributed by atoms with E-state index in [4.69, 9.17) is 25.6 Å². The topological polar surface area (TPSA) is 61.6 Å². The van der Waals surface area contributed by atoms with E-state index >= 15 is 0 Å². The SMILES string of the molecule is COc1ccc(CCOC(=O)c2c(-c3c(F)cccc3Cl)noc2C)cc1. The van der Waals surface area contributed by atoms with Crippen LogP contribution in [0.4, 0.5) is 4.39 Å². The Morgan fingerprint density at radius 2 is 1.96 bits per heavy atom. The van der Waals surface area contributed by atoms with Crippen LogP contribution in [0.5, 0.6) is 5.75 Å². The Labute approximate surface area is 160 Å². The highest BCUT2D eigenvalue weighted by Gasteiger charge is 2.26. The van der Waals surface area contributed by atoms with Crippen LogP contribution >= 0.6 is 11.6 Å². The van der Waals surface area contributed by atoms with Crippen molar-refractivity contribution in [2.75, 3.05) is 13.7 Å². The second kappa shape index (κ2) is 8.22. The van der Waals surface area contributed by atoms with Crippen molar-refractivity contribution in [3.63, 3.8) is 0 Å². The third-order valence-corrected chi connectivity index (χ3v) is 4.36. The van der Waals surface area contributed by atoms with E-state index in [-0.39, 0.29) is 34.2 Å². The number of hydrogen-bond donors (Lipinski definition) is 0. The number of carbonyl (C=O) groups is 1. The molecule has 1 heterocycles. The number of aryl methyl sites for hydroxylation is 1. The molecular formula is C20H17ClFNO4. The van der Waals surface area contributed by atoms with Crippen molar-refractivity contribution in [3.8, 4) is 17.0 Å². The molecule has 5 nitrogen and oxygen atoms in total. The third kappa shape index (κ3) is 4.11. The van der Waals surface area contributed by atoms with Crippen molar-refractivity contribution >= 4 is 17.6 Å². The second-order valence-electron chi connectivity index (χ2n) is 5.79. The highest BCUT2D eigenvalue weighted by molar-refractivity contribution is 6.33. The second-order valence-corrected chi connectivity index (χ2v) is 6.20. The minimum Gasteiger partial charge on any atom is -0.497 e. The van der Waals surface area contributed by atoms with E-state index in [1.54, 1.807) is 14.0 Å². The van der Waals surface area contributed by atoms with E-state index in [1.165, 1.54) is 18.2 Å². The van der Waals surface area contributed by atoms with Gasteiger partial charge in [0.2, 0.25) is 0 Å². The summed E-state index contributed by atoms with van der Waals surface area (Å²) in [7, 11) is 1.59. The Bertz CT molecular complexity index is 933. The summed E-state index contributed by atoms with van der Waals surface area (Å²) in [6.45, 7) is 1.71. The van der Waals surface area contributed by atoms with Crippen LogP contribution in [0.3, 0.4) is 0 Å². The maximum Gasteiger partial charge on any atom is 0.344 e. The number of nitrogens with zero attached hydrogens (tertiary/aromatic N) is 1. The van der Waals surface area contributed by atoms with Crippen molar-refractivity contribution in [2.45, 2.75) is 13.3 Å². The lowest BCUT2D eigenvalue weighted by molar-refractivity contribution is 0.0508. The fraction of sp³-hybridized carbons (Fsp3) is 0.200. The Hall–Kier alpha value is -2.86. The molecule has 27 heavy (non-hydrogen) atoms. The summed E-state index contributed by atoms with van der Waals surface area (Å²) in [4.78, 5) is 12.5. The Kier molecular flexibility index (Phi) is 5.76. The van der Waals surface area contributed by atoms with Gasteiger partial charge in [-0.25, -0.2) is 9.18 Å². The van der Waals surface area contributed by atoms with Crippen molar-refractivity contribution in [3.05, 3.63) is 70.2 Å². The zero-order chi connectivity index (χ0) is 19.4. The quantitative estimate of drug-likeness (QED) is 0.564. The van der Waals surface area contributed by atoms with E-state index < -0.39 is 11.8 Å². The molecule has 0 aliphatic carbocycles. The molecule has 0 fully saturated rings. The van der Waals surface area contributed by atoms with Gasteiger partial charge in [0.1, 0.15) is 28.6 Å². The first-order valence-corrected chi connectivity index (χ1v) is 8.59. The van der Waals surface area contributed by atoms with Gasteiger partial charge in [0.25, 0.3) is 0 Å². The summed E-state index contributed by atoms with van der Waals surface area (Å²) in [5.74, 6) is -0.249. The van der Waals surface area contributed by atoms with Gasteiger partial charge in [0.15, 0.2) is 0 Å². The Balaban J connectivity index is 1.74. The molecule has 0 spiro atoms. The molecule has 1 aromatic heterocycles. The average Bonchev–Trinajstić information content (AvgIpc) is 3.03. The molecule has 0 aliphatic heterocycles. The van der Waals surface area contributed by atoms with Gasteiger partial charge in [-0.05, 0) is 36.8 Å². The van der Waals surface area contributed by atoms with Crippen LogP contribution < -0.4 is 4.74 Å². The summed E-state index contributed by atoms with van der Waals surface area (Å²) in [6.07, 6.45) is 0.524. The maximum atomic E-state index is 14.2. The van der Waals surface area contributed by atoms with Gasteiger partial charge in [-0.2, -0.15) is 0 Å². The van der Waals surface area contributed by atoms with Crippen molar-refractivity contribution < 1.29 is 23.2 Å². The van der Waals surface area contributed by atoms with Crippen LogP contribution in [0.1, 0.15) is 21.7 Å². The highest BCUT2D eigenvalue weighted by atomic mass is 35.5. The third-order valence-electron chi connectivity index (χ3n) is 4.05. The largest absolute Gasteiger partial charge is 0.497 e. The zero-order valence-electron chi connectivity index (χ0n) is 14.8. The number of carbonyl (C=O) groups excluding carboxylic acids is 1. The zero-order valence-corrected chi connectivity index (χ0v) is 15.5. The predicted octanol–water partition coefficient (Wildman–Crippen LogP) is 4.85. The van der Waals surface area contributed by atoms with Gasteiger partial charge < -0.3 is 14.0 Å². The standard InChI is InChI=1S/C20H17ClFNO4/c1-12-17(19(23-27-12)18-15(21)4-3-5-16(18)22)20(24)26-11-10-13-6-8-14(25-2)9-7-13/h3-9H,10-11H2,1-2H3. The van der Waals surface area contributed by atoms with Gasteiger partial charge in [-0.1, -0.05) is 35.0 Å². The van der Waals surface area contributed by atoms with Crippen molar-refractivity contribution in [1.82, 2.24) is 5.16 Å². The van der Waals surface area contributed by atoms with Gasteiger partial charge in [-0.3, -0.25) is 0 Å². The molecule has 0 bridgehead atoms. The molecule has 0 N–H and O–H groups in total. The number of methoxy groups -OCH3 is 1. The van der Waals surface area contributed by atoms with Gasteiger partial charge in [0.05, 0.1) is 24.3 Å². The first-order valence-electron chi connectivity index (χ1n) is 8.22. The molecule has 0 unspecified atom stereocenters. The first kappa shape index (κ1) is 18.9. The van der Waals surface area contributed by atoms with Crippen molar-refractivity contribution in [1.29, 1.82) is 0 Å².